The lowest BCUT2D eigenvalue weighted by Crippen LogP contribution is -2.34. The second-order valence-corrected chi connectivity index (χ2v) is 3.62. The number of nitrogens with zero attached hydrogens (tertiary/aromatic N) is 1. The third-order valence-corrected chi connectivity index (χ3v) is 2.19. The third-order valence-electron chi connectivity index (χ3n) is 2.19. The molecule has 0 aliphatic carbocycles. The second kappa shape index (κ2) is 9.45. The van der Waals surface area contributed by atoms with E-state index in [9.17, 15) is 9.59 Å². The van der Waals surface area contributed by atoms with Crippen molar-refractivity contribution in [2.75, 3.05) is 13.1 Å². The van der Waals surface area contributed by atoms with Crippen molar-refractivity contribution in [3.05, 3.63) is 24.3 Å². The normalized spacial score (nSPS) is 15.7. The molecule has 5 nitrogen and oxygen atoms in total. The zero-order chi connectivity index (χ0) is 13.1. The van der Waals surface area contributed by atoms with E-state index in [0.29, 0.717) is 0 Å². The lowest BCUT2D eigenvalue weighted by molar-refractivity contribution is -0.113. The topological polar surface area (TPSA) is 83.6 Å². The monoisotopic (exact) mass is 240 g/mol. The summed E-state index contributed by atoms with van der Waals surface area (Å²) in [6.07, 6.45) is 8.95. The summed E-state index contributed by atoms with van der Waals surface area (Å²) in [5.74, 6) is -0.414. The van der Waals surface area contributed by atoms with Gasteiger partial charge in [-0.2, -0.15) is 0 Å². The van der Waals surface area contributed by atoms with Crippen LogP contribution in [0.5, 0.6) is 0 Å². The molecule has 0 aromatic carbocycles. The summed E-state index contributed by atoms with van der Waals surface area (Å²) < 4.78 is 0. The zero-order valence-electron chi connectivity index (χ0n) is 10.1. The molecule has 1 heterocycles. The van der Waals surface area contributed by atoms with E-state index in [1.54, 1.807) is 12.2 Å². The van der Waals surface area contributed by atoms with Crippen molar-refractivity contribution in [2.24, 2.45) is 5.73 Å². The average molecular weight is 240 g/mol. The van der Waals surface area contributed by atoms with Gasteiger partial charge in [0.25, 0.3) is 0 Å². The van der Waals surface area contributed by atoms with Crippen LogP contribution < -0.4 is 5.73 Å². The van der Waals surface area contributed by atoms with Gasteiger partial charge in [-0.15, -0.1) is 0 Å². The first-order valence-electron chi connectivity index (χ1n) is 5.64. The van der Waals surface area contributed by atoms with Crippen molar-refractivity contribution in [1.29, 1.82) is 0 Å². The zero-order valence-corrected chi connectivity index (χ0v) is 10.1. The van der Waals surface area contributed by atoms with Crippen LogP contribution in [-0.2, 0) is 4.79 Å². The minimum absolute atomic E-state index is 0.414. The molecule has 0 saturated carbocycles. The van der Waals surface area contributed by atoms with E-state index >= 15 is 0 Å². The van der Waals surface area contributed by atoms with Crippen LogP contribution in [0.2, 0.25) is 0 Å². The minimum Gasteiger partial charge on any atom is -0.465 e. The fraction of sp³-hybridized carbons (Fsp3) is 0.500. The van der Waals surface area contributed by atoms with E-state index in [1.165, 1.54) is 17.4 Å². The Hall–Kier alpha value is -1.78. The number of piperidine rings is 1. The van der Waals surface area contributed by atoms with Gasteiger partial charge in [0.2, 0.25) is 5.91 Å². The molecule has 0 aromatic heterocycles. The Balaban J connectivity index is 0.000000304. The molecule has 0 aromatic rings. The summed E-state index contributed by atoms with van der Waals surface area (Å²) >= 11 is 0. The van der Waals surface area contributed by atoms with Gasteiger partial charge in [-0.1, -0.05) is 18.2 Å². The number of amides is 2. The molecule has 0 unspecified atom stereocenters. The maximum absolute atomic E-state index is 10.3. The van der Waals surface area contributed by atoms with Crippen LogP contribution in [0.25, 0.3) is 0 Å². The number of likely N-dealkylation sites (tertiary alicyclic amines) is 1. The molecule has 0 atom stereocenters. The number of carboxylic acid groups (broad SMARTS) is 1. The molecule has 1 aliphatic rings. The van der Waals surface area contributed by atoms with Crippen molar-refractivity contribution >= 4 is 12.0 Å². The van der Waals surface area contributed by atoms with Gasteiger partial charge >= 0.3 is 6.09 Å². The molecule has 1 saturated heterocycles. The molecule has 3 N–H and O–H groups in total. The molecule has 1 rings (SSSR count). The molecular weight excluding hydrogens is 220 g/mol. The Morgan fingerprint density at radius 3 is 2.12 bits per heavy atom. The maximum Gasteiger partial charge on any atom is 0.407 e. The summed E-state index contributed by atoms with van der Waals surface area (Å²) in [5, 5.41) is 8.46. The molecule has 2 amide bonds. The molecule has 0 spiro atoms. The van der Waals surface area contributed by atoms with Gasteiger partial charge in [-0.25, -0.2) is 4.79 Å². The number of rotatable bonds is 2. The Morgan fingerprint density at radius 2 is 1.76 bits per heavy atom. The van der Waals surface area contributed by atoms with Crippen molar-refractivity contribution in [2.45, 2.75) is 26.2 Å². The van der Waals surface area contributed by atoms with Gasteiger partial charge in [0.1, 0.15) is 0 Å². The Labute approximate surface area is 102 Å². The summed E-state index contributed by atoms with van der Waals surface area (Å²) in [6, 6.07) is 0. The molecule has 1 aliphatic heterocycles. The molecule has 96 valence electrons. The molecule has 1 fully saturated rings. The predicted molar refractivity (Wildman–Crippen MR) is 66.6 cm³/mol. The standard InChI is InChI=1S/C6H11NO2.C6H9NO/c8-6(9)7-4-2-1-3-5-7;1-2-3-4-5-6(7)8/h1-5H2,(H,8,9);2-5H,1H3,(H2,7,8). The summed E-state index contributed by atoms with van der Waals surface area (Å²) in [6.45, 7) is 3.33. The van der Waals surface area contributed by atoms with Crippen LogP contribution in [0, 0.1) is 0 Å². The maximum atomic E-state index is 10.3. The van der Waals surface area contributed by atoms with E-state index in [2.05, 4.69) is 0 Å². The van der Waals surface area contributed by atoms with E-state index in [1.807, 2.05) is 13.0 Å². The minimum atomic E-state index is -0.769. The Morgan fingerprint density at radius 1 is 1.18 bits per heavy atom. The summed E-state index contributed by atoms with van der Waals surface area (Å²) in [4.78, 5) is 21.7. The fourth-order valence-corrected chi connectivity index (χ4v) is 1.35. The van der Waals surface area contributed by atoms with Crippen LogP contribution in [-0.4, -0.2) is 35.1 Å². The van der Waals surface area contributed by atoms with E-state index in [0.717, 1.165) is 25.9 Å². The molecule has 0 bridgehead atoms. The van der Waals surface area contributed by atoms with Crippen LogP contribution in [0.15, 0.2) is 24.3 Å². The van der Waals surface area contributed by atoms with Gasteiger partial charge in [-0.3, -0.25) is 4.79 Å². The smallest absolute Gasteiger partial charge is 0.407 e. The third kappa shape index (κ3) is 9.17. The van der Waals surface area contributed by atoms with Crippen molar-refractivity contribution < 1.29 is 14.7 Å². The fourth-order valence-electron chi connectivity index (χ4n) is 1.35. The molecule has 17 heavy (non-hydrogen) atoms. The number of hydrogen-bond donors (Lipinski definition) is 2. The Kier molecular flexibility index (Phi) is 8.46. The number of primary amides is 1. The van der Waals surface area contributed by atoms with E-state index in [4.69, 9.17) is 10.8 Å². The van der Waals surface area contributed by atoms with Crippen LogP contribution in [0.1, 0.15) is 26.2 Å². The number of hydrogen-bond acceptors (Lipinski definition) is 2. The van der Waals surface area contributed by atoms with Gasteiger partial charge < -0.3 is 15.7 Å². The lowest BCUT2D eigenvalue weighted by atomic mass is 10.1. The second-order valence-electron chi connectivity index (χ2n) is 3.62. The number of allylic oxidation sites excluding steroid dienone is 3. The highest BCUT2D eigenvalue weighted by Crippen LogP contribution is 2.07. The highest BCUT2D eigenvalue weighted by atomic mass is 16.4. The molecule has 0 radical (unpaired) electrons. The van der Waals surface area contributed by atoms with Crippen molar-refractivity contribution in [3.8, 4) is 0 Å². The van der Waals surface area contributed by atoms with E-state index < -0.39 is 12.0 Å². The molecular formula is C12H20N2O3. The van der Waals surface area contributed by atoms with Crippen LogP contribution in [0.4, 0.5) is 4.79 Å². The number of carbonyl (C=O) groups is 2. The first-order valence-corrected chi connectivity index (χ1v) is 5.64. The quantitative estimate of drug-likeness (QED) is 0.569. The van der Waals surface area contributed by atoms with Crippen molar-refractivity contribution in [3.63, 3.8) is 0 Å². The number of carbonyl (C=O) groups excluding carboxylic acids is 1. The predicted octanol–water partition coefficient (Wildman–Crippen LogP) is 1.75. The number of nitrogens with two attached hydrogens (primary N) is 1. The average Bonchev–Trinajstić information content (AvgIpc) is 2.31. The van der Waals surface area contributed by atoms with Gasteiger partial charge in [0.05, 0.1) is 0 Å². The first-order chi connectivity index (χ1) is 8.07. The summed E-state index contributed by atoms with van der Waals surface area (Å²) in [5.41, 5.74) is 4.77. The van der Waals surface area contributed by atoms with Crippen LogP contribution in [0.3, 0.4) is 0 Å². The SMILES string of the molecule is CC=CC=CC(N)=O.O=C(O)N1CCCCC1. The highest BCUT2D eigenvalue weighted by Gasteiger charge is 2.13. The van der Waals surface area contributed by atoms with Gasteiger partial charge in [0, 0.05) is 19.2 Å². The first kappa shape index (κ1) is 15.2. The lowest BCUT2D eigenvalue weighted by Gasteiger charge is -2.22. The van der Waals surface area contributed by atoms with Gasteiger partial charge in [-0.05, 0) is 26.2 Å². The largest absolute Gasteiger partial charge is 0.465 e. The van der Waals surface area contributed by atoms with Gasteiger partial charge in [0.15, 0.2) is 0 Å². The highest BCUT2D eigenvalue weighted by molar-refractivity contribution is 5.85. The van der Waals surface area contributed by atoms with E-state index in [-0.39, 0.29) is 0 Å². The van der Waals surface area contributed by atoms with Crippen molar-refractivity contribution in [1.82, 2.24) is 4.90 Å². The molecule has 5 heteroatoms. The van der Waals surface area contributed by atoms with Crippen LogP contribution >= 0.6 is 0 Å². The Bertz CT molecular complexity index is 292. The summed E-state index contributed by atoms with van der Waals surface area (Å²) in [7, 11) is 0.